The second-order valence-corrected chi connectivity index (χ2v) is 7.70. The van der Waals surface area contributed by atoms with Crippen molar-refractivity contribution in [2.75, 3.05) is 0 Å². The van der Waals surface area contributed by atoms with Crippen molar-refractivity contribution in [2.45, 2.75) is 39.2 Å². The van der Waals surface area contributed by atoms with Gasteiger partial charge in [0.1, 0.15) is 11.6 Å². The van der Waals surface area contributed by atoms with Crippen LogP contribution >= 0.6 is 0 Å². The molecule has 1 aromatic heterocycles. The topological polar surface area (TPSA) is 17.8 Å². The molecule has 3 heteroatoms. The van der Waals surface area contributed by atoms with Crippen LogP contribution in [0.5, 0.6) is 0 Å². The number of hydrogen-bond donors (Lipinski definition) is 0. The van der Waals surface area contributed by atoms with Crippen molar-refractivity contribution in [1.29, 1.82) is 0 Å². The van der Waals surface area contributed by atoms with E-state index in [1.54, 1.807) is 0 Å². The zero-order valence-corrected chi connectivity index (χ0v) is 17.4. The summed E-state index contributed by atoms with van der Waals surface area (Å²) in [7, 11) is 0. The number of rotatable bonds is 8. The quantitative estimate of drug-likeness (QED) is 0.335. The molecule has 2 nitrogen and oxygen atoms in total. The molecule has 0 amide bonds. The first kappa shape index (κ1) is 20.1. The fourth-order valence-corrected chi connectivity index (χ4v) is 4.02. The van der Waals surface area contributed by atoms with Crippen LogP contribution in [0.3, 0.4) is 0 Å². The molecule has 1 heterocycles. The number of aryl methyl sites for hydroxylation is 4. The molecule has 0 spiro atoms. The molecule has 0 atom stereocenters. The lowest BCUT2D eigenvalue weighted by Gasteiger charge is -2.13. The van der Waals surface area contributed by atoms with Gasteiger partial charge in [-0.05, 0) is 49.4 Å². The normalized spacial score (nSPS) is 11.0. The summed E-state index contributed by atoms with van der Waals surface area (Å²) in [5.41, 5.74) is 5.97. The van der Waals surface area contributed by atoms with Crippen molar-refractivity contribution in [3.05, 3.63) is 113 Å². The predicted octanol–water partition coefficient (Wildman–Crippen LogP) is 6.42. The Morgan fingerprint density at radius 1 is 0.733 bits per heavy atom. The molecule has 0 aliphatic carbocycles. The first-order valence-electron chi connectivity index (χ1n) is 10.6. The highest BCUT2D eigenvalue weighted by Gasteiger charge is 2.16. The highest BCUT2D eigenvalue weighted by Crippen LogP contribution is 2.26. The Hall–Kier alpha value is -3.20. The Kier molecular flexibility index (Phi) is 6.38. The van der Waals surface area contributed by atoms with Crippen molar-refractivity contribution >= 4 is 0 Å². The van der Waals surface area contributed by atoms with E-state index in [0.29, 0.717) is 0 Å². The van der Waals surface area contributed by atoms with Crippen LogP contribution in [-0.4, -0.2) is 9.55 Å². The molecule has 0 fully saturated rings. The number of nitrogens with zero attached hydrogens (tertiary/aromatic N) is 2. The first-order valence-corrected chi connectivity index (χ1v) is 10.6. The molecule has 0 N–H and O–H groups in total. The van der Waals surface area contributed by atoms with Crippen LogP contribution in [0.2, 0.25) is 0 Å². The lowest BCUT2D eigenvalue weighted by Crippen LogP contribution is -2.08. The maximum atomic E-state index is 13.2. The Labute approximate surface area is 178 Å². The van der Waals surface area contributed by atoms with Crippen molar-refractivity contribution in [3.8, 4) is 11.3 Å². The van der Waals surface area contributed by atoms with Crippen molar-refractivity contribution in [1.82, 2.24) is 9.55 Å². The molecular weight excluding hydrogens is 371 g/mol. The second kappa shape index (κ2) is 9.53. The number of hydrogen-bond acceptors (Lipinski definition) is 1. The van der Waals surface area contributed by atoms with E-state index in [2.05, 4.69) is 66.1 Å². The van der Waals surface area contributed by atoms with Gasteiger partial charge in [0.15, 0.2) is 0 Å². The first-order chi connectivity index (χ1) is 14.7. The average molecular weight is 399 g/mol. The van der Waals surface area contributed by atoms with Gasteiger partial charge in [-0.1, -0.05) is 72.8 Å². The van der Waals surface area contributed by atoms with Crippen molar-refractivity contribution in [3.63, 3.8) is 0 Å². The predicted molar refractivity (Wildman–Crippen MR) is 121 cm³/mol. The van der Waals surface area contributed by atoms with Crippen LogP contribution in [0.15, 0.2) is 84.9 Å². The molecule has 4 aromatic rings. The molecule has 30 heavy (non-hydrogen) atoms. The third-order valence-corrected chi connectivity index (χ3v) is 5.51. The lowest BCUT2D eigenvalue weighted by molar-refractivity contribution is 0.611. The summed E-state index contributed by atoms with van der Waals surface area (Å²) in [5.74, 6) is 0.909. The van der Waals surface area contributed by atoms with Crippen molar-refractivity contribution in [2.24, 2.45) is 0 Å². The third-order valence-electron chi connectivity index (χ3n) is 5.51. The summed E-state index contributed by atoms with van der Waals surface area (Å²) in [6, 6.07) is 27.9. The number of aromatic nitrogens is 2. The summed E-state index contributed by atoms with van der Waals surface area (Å²) >= 11 is 0. The standard InChI is InChI=1S/C27H27FN2/c1-21-27(24-12-6-3-7-13-24)30(20-8-11-22-9-4-2-5-10-22)26(29-21)19-16-23-14-17-25(28)18-15-23/h2-7,9-10,12-15,17-18H,8,11,16,19-20H2,1H3. The van der Waals surface area contributed by atoms with Crippen LogP contribution in [0.4, 0.5) is 4.39 Å². The van der Waals surface area contributed by atoms with Gasteiger partial charge in [-0.2, -0.15) is 0 Å². The molecule has 0 bridgehead atoms. The maximum absolute atomic E-state index is 13.2. The van der Waals surface area contributed by atoms with Gasteiger partial charge < -0.3 is 4.57 Å². The van der Waals surface area contributed by atoms with E-state index in [0.717, 1.165) is 49.3 Å². The fraction of sp³-hybridized carbons (Fsp3) is 0.222. The van der Waals surface area contributed by atoms with E-state index >= 15 is 0 Å². The average Bonchev–Trinajstić information content (AvgIpc) is 3.10. The van der Waals surface area contributed by atoms with E-state index in [-0.39, 0.29) is 5.82 Å². The van der Waals surface area contributed by atoms with Crippen molar-refractivity contribution < 1.29 is 4.39 Å². The molecule has 0 aliphatic rings. The summed E-state index contributed by atoms with van der Waals surface area (Å²) in [4.78, 5) is 4.93. The van der Waals surface area contributed by atoms with Crippen LogP contribution in [-0.2, 0) is 25.8 Å². The van der Waals surface area contributed by atoms with Crippen LogP contribution in [0.1, 0.15) is 29.1 Å². The van der Waals surface area contributed by atoms with Gasteiger partial charge in [-0.25, -0.2) is 9.37 Å². The Balaban J connectivity index is 1.57. The van der Waals surface area contributed by atoms with Gasteiger partial charge in [-0.15, -0.1) is 0 Å². The van der Waals surface area contributed by atoms with Crippen LogP contribution < -0.4 is 0 Å². The second-order valence-electron chi connectivity index (χ2n) is 7.70. The maximum Gasteiger partial charge on any atom is 0.123 e. The zero-order valence-electron chi connectivity index (χ0n) is 17.4. The smallest absolute Gasteiger partial charge is 0.123 e. The van der Waals surface area contributed by atoms with E-state index < -0.39 is 0 Å². The van der Waals surface area contributed by atoms with Crippen LogP contribution in [0.25, 0.3) is 11.3 Å². The summed E-state index contributed by atoms with van der Waals surface area (Å²) in [6.45, 7) is 3.02. The summed E-state index contributed by atoms with van der Waals surface area (Å²) in [6.07, 6.45) is 3.79. The minimum atomic E-state index is -0.191. The molecule has 152 valence electrons. The molecule has 0 saturated carbocycles. The number of benzene rings is 3. The molecule has 0 radical (unpaired) electrons. The molecule has 0 saturated heterocycles. The molecule has 4 rings (SSSR count). The third kappa shape index (κ3) is 4.85. The lowest BCUT2D eigenvalue weighted by atomic mass is 10.1. The van der Waals surface area contributed by atoms with Gasteiger partial charge >= 0.3 is 0 Å². The number of halogens is 1. The van der Waals surface area contributed by atoms with Gasteiger partial charge in [0, 0.05) is 18.5 Å². The van der Waals surface area contributed by atoms with Gasteiger partial charge in [0.25, 0.3) is 0 Å². The van der Waals surface area contributed by atoms with E-state index in [1.165, 1.54) is 29.0 Å². The summed E-state index contributed by atoms with van der Waals surface area (Å²) in [5, 5.41) is 0. The minimum Gasteiger partial charge on any atom is -0.328 e. The molecular formula is C27H27FN2. The Bertz CT molecular complexity index is 1070. The van der Waals surface area contributed by atoms with Gasteiger partial charge in [-0.3, -0.25) is 0 Å². The number of imidazole rings is 1. The zero-order chi connectivity index (χ0) is 20.8. The van der Waals surface area contributed by atoms with E-state index in [9.17, 15) is 4.39 Å². The Morgan fingerprint density at radius 2 is 1.37 bits per heavy atom. The van der Waals surface area contributed by atoms with Gasteiger partial charge in [0.05, 0.1) is 11.4 Å². The minimum absolute atomic E-state index is 0.191. The van der Waals surface area contributed by atoms with Gasteiger partial charge in [0.2, 0.25) is 0 Å². The monoisotopic (exact) mass is 398 g/mol. The largest absolute Gasteiger partial charge is 0.328 e. The Morgan fingerprint density at radius 3 is 2.07 bits per heavy atom. The summed E-state index contributed by atoms with van der Waals surface area (Å²) < 4.78 is 15.6. The molecule has 3 aromatic carbocycles. The molecule has 0 unspecified atom stereocenters. The van der Waals surface area contributed by atoms with E-state index in [1.807, 2.05) is 18.2 Å². The fourth-order valence-electron chi connectivity index (χ4n) is 4.02. The SMILES string of the molecule is Cc1nc(CCc2ccc(F)cc2)n(CCCc2ccccc2)c1-c1ccccc1. The van der Waals surface area contributed by atoms with Crippen LogP contribution in [0, 0.1) is 12.7 Å². The highest BCUT2D eigenvalue weighted by atomic mass is 19.1. The molecule has 0 aliphatic heterocycles. The van der Waals surface area contributed by atoms with E-state index in [4.69, 9.17) is 4.98 Å². The highest BCUT2D eigenvalue weighted by molar-refractivity contribution is 5.62.